The number of hydrogen-bond donors (Lipinski definition) is 0. The van der Waals surface area contributed by atoms with Crippen LogP contribution in [0.4, 0.5) is 0 Å². The summed E-state index contributed by atoms with van der Waals surface area (Å²) in [7, 11) is 0. The van der Waals surface area contributed by atoms with E-state index in [1.54, 1.807) is 0 Å². The van der Waals surface area contributed by atoms with Crippen LogP contribution in [-0.4, -0.2) is 22.5 Å². The highest BCUT2D eigenvalue weighted by atomic mass is 16.8. The number of fused-ring (bicyclic) bond motifs is 1. The smallest absolute Gasteiger partial charge is 0.272 e. The van der Waals surface area contributed by atoms with Crippen molar-refractivity contribution in [3.05, 3.63) is 0 Å². The van der Waals surface area contributed by atoms with Crippen LogP contribution in [0.3, 0.4) is 0 Å². The molecule has 4 heteroatoms. The van der Waals surface area contributed by atoms with E-state index in [1.807, 2.05) is 6.92 Å². The Balaban J connectivity index is 2.19. The Hall–Kier alpha value is -0.900. The molecular weight excluding hydrogens is 146 g/mol. The van der Waals surface area contributed by atoms with Crippen molar-refractivity contribution in [2.24, 2.45) is 0 Å². The standard InChI is InChI=1S/C7H9NO3/c1-2-3-7-4-5(9)8(11-7)6(7)10/h2-4H2,1H3. The van der Waals surface area contributed by atoms with Gasteiger partial charge in [-0.05, 0) is 6.42 Å². The average Bonchev–Trinajstić information content (AvgIpc) is 2.39. The lowest BCUT2D eigenvalue weighted by Crippen LogP contribution is -2.56. The Morgan fingerprint density at radius 2 is 2.36 bits per heavy atom. The lowest BCUT2D eigenvalue weighted by molar-refractivity contribution is -0.265. The molecule has 3 saturated heterocycles. The molecule has 0 spiro atoms. The van der Waals surface area contributed by atoms with Crippen molar-refractivity contribution in [3.8, 4) is 0 Å². The van der Waals surface area contributed by atoms with E-state index >= 15 is 0 Å². The molecule has 3 heterocycles. The molecule has 0 aromatic heterocycles. The largest absolute Gasteiger partial charge is 0.289 e. The highest BCUT2D eigenvalue weighted by molar-refractivity contribution is 6.10. The summed E-state index contributed by atoms with van der Waals surface area (Å²) in [5, 5.41) is 0.871. The first-order chi connectivity index (χ1) is 5.19. The van der Waals surface area contributed by atoms with Crippen LogP contribution in [0.5, 0.6) is 0 Å². The minimum absolute atomic E-state index is 0.149. The van der Waals surface area contributed by atoms with Gasteiger partial charge in [-0.3, -0.25) is 9.59 Å². The zero-order chi connectivity index (χ0) is 8.06. The van der Waals surface area contributed by atoms with Crippen LogP contribution < -0.4 is 0 Å². The van der Waals surface area contributed by atoms with Crippen LogP contribution >= 0.6 is 0 Å². The lowest BCUT2D eigenvalue weighted by Gasteiger charge is -2.35. The monoisotopic (exact) mass is 155 g/mol. The average molecular weight is 155 g/mol. The fourth-order valence-corrected chi connectivity index (χ4v) is 1.63. The molecule has 0 saturated carbocycles. The molecule has 1 unspecified atom stereocenters. The highest BCUT2D eigenvalue weighted by Crippen LogP contribution is 2.42. The van der Waals surface area contributed by atoms with Crippen molar-refractivity contribution < 1.29 is 14.4 Å². The normalized spacial score (nSPS) is 34.5. The summed E-state index contributed by atoms with van der Waals surface area (Å²) in [5.41, 5.74) is -0.744. The SMILES string of the molecule is CCCC12CC(=O)N(O1)C2=O. The second-order valence-electron chi connectivity index (χ2n) is 3.01. The van der Waals surface area contributed by atoms with Crippen LogP contribution in [0, 0.1) is 0 Å². The second kappa shape index (κ2) is 1.82. The Morgan fingerprint density at radius 3 is 2.73 bits per heavy atom. The summed E-state index contributed by atoms with van der Waals surface area (Å²) in [5.74, 6) is -0.340. The fraction of sp³-hybridized carbons (Fsp3) is 0.714. The van der Waals surface area contributed by atoms with Gasteiger partial charge in [0.2, 0.25) is 0 Å². The third-order valence-corrected chi connectivity index (χ3v) is 2.16. The number of nitrogens with zero attached hydrogens (tertiary/aromatic N) is 1. The molecule has 3 rings (SSSR count). The van der Waals surface area contributed by atoms with Gasteiger partial charge in [-0.1, -0.05) is 13.3 Å². The fourth-order valence-electron chi connectivity index (χ4n) is 1.63. The van der Waals surface area contributed by atoms with Crippen molar-refractivity contribution in [1.82, 2.24) is 5.06 Å². The Kier molecular flexibility index (Phi) is 1.12. The van der Waals surface area contributed by atoms with Gasteiger partial charge < -0.3 is 0 Å². The molecule has 4 nitrogen and oxygen atoms in total. The van der Waals surface area contributed by atoms with Crippen LogP contribution in [0.25, 0.3) is 0 Å². The zero-order valence-corrected chi connectivity index (χ0v) is 6.29. The van der Waals surface area contributed by atoms with Crippen molar-refractivity contribution in [1.29, 1.82) is 0 Å². The summed E-state index contributed by atoms with van der Waals surface area (Å²) in [6.07, 6.45) is 1.78. The summed E-state index contributed by atoms with van der Waals surface area (Å²) in [6, 6.07) is 0. The van der Waals surface area contributed by atoms with Gasteiger partial charge >= 0.3 is 0 Å². The van der Waals surface area contributed by atoms with Gasteiger partial charge in [0, 0.05) is 0 Å². The first kappa shape index (κ1) is 6.79. The van der Waals surface area contributed by atoms with Gasteiger partial charge in [0.15, 0.2) is 5.60 Å². The number of rotatable bonds is 2. The minimum atomic E-state index is -0.744. The highest BCUT2D eigenvalue weighted by Gasteiger charge is 2.64. The summed E-state index contributed by atoms with van der Waals surface area (Å²) in [6.45, 7) is 1.97. The molecule has 2 amide bonds. The van der Waals surface area contributed by atoms with Gasteiger partial charge in [-0.25, -0.2) is 4.84 Å². The van der Waals surface area contributed by atoms with E-state index in [9.17, 15) is 9.59 Å². The molecule has 0 aromatic rings. The van der Waals surface area contributed by atoms with E-state index in [0.717, 1.165) is 11.5 Å². The Morgan fingerprint density at radius 1 is 1.64 bits per heavy atom. The van der Waals surface area contributed by atoms with E-state index in [0.29, 0.717) is 6.42 Å². The molecule has 60 valence electrons. The molecule has 2 bridgehead atoms. The number of carbonyl (C=O) groups excluding carboxylic acids is 2. The molecule has 3 aliphatic rings. The van der Waals surface area contributed by atoms with Crippen LogP contribution in [0.15, 0.2) is 0 Å². The van der Waals surface area contributed by atoms with E-state index < -0.39 is 5.60 Å². The molecule has 3 fully saturated rings. The van der Waals surface area contributed by atoms with E-state index in [2.05, 4.69) is 0 Å². The van der Waals surface area contributed by atoms with Crippen molar-refractivity contribution in [2.75, 3.05) is 0 Å². The molecule has 1 atom stereocenters. The number of hydrogen-bond acceptors (Lipinski definition) is 3. The third kappa shape index (κ3) is 0.625. The summed E-state index contributed by atoms with van der Waals surface area (Å²) in [4.78, 5) is 27.0. The first-order valence-electron chi connectivity index (χ1n) is 3.76. The van der Waals surface area contributed by atoms with Crippen molar-refractivity contribution in [2.45, 2.75) is 31.8 Å². The zero-order valence-electron chi connectivity index (χ0n) is 6.29. The van der Waals surface area contributed by atoms with Gasteiger partial charge in [0.1, 0.15) is 0 Å². The van der Waals surface area contributed by atoms with Gasteiger partial charge in [0.05, 0.1) is 6.42 Å². The molecule has 0 N–H and O–H groups in total. The maximum atomic E-state index is 11.1. The second-order valence-corrected chi connectivity index (χ2v) is 3.01. The van der Waals surface area contributed by atoms with Gasteiger partial charge in [-0.2, -0.15) is 0 Å². The quantitative estimate of drug-likeness (QED) is 0.536. The first-order valence-corrected chi connectivity index (χ1v) is 3.76. The minimum Gasteiger partial charge on any atom is -0.272 e. The lowest BCUT2D eigenvalue weighted by atomic mass is 9.95. The number of hydroxylamine groups is 2. The van der Waals surface area contributed by atoms with Crippen molar-refractivity contribution >= 4 is 11.8 Å². The van der Waals surface area contributed by atoms with Crippen LogP contribution in [0.1, 0.15) is 26.2 Å². The molecule has 0 aromatic carbocycles. The number of imide groups is 1. The number of carbonyl (C=O) groups is 2. The van der Waals surface area contributed by atoms with Crippen LogP contribution in [0.2, 0.25) is 0 Å². The van der Waals surface area contributed by atoms with Crippen molar-refractivity contribution in [3.63, 3.8) is 0 Å². The maximum Gasteiger partial charge on any atom is 0.289 e. The van der Waals surface area contributed by atoms with Gasteiger partial charge in [0.25, 0.3) is 11.8 Å². The van der Waals surface area contributed by atoms with E-state index in [1.165, 1.54) is 0 Å². The van der Waals surface area contributed by atoms with Gasteiger partial charge in [-0.15, -0.1) is 5.06 Å². The summed E-state index contributed by atoms with van der Waals surface area (Å²) < 4.78 is 0. The molecule has 3 aliphatic heterocycles. The van der Waals surface area contributed by atoms with Crippen LogP contribution in [-0.2, 0) is 14.4 Å². The molecular formula is C7H9NO3. The van der Waals surface area contributed by atoms with E-state index in [-0.39, 0.29) is 18.2 Å². The predicted octanol–water partition coefficient (Wildman–Crippen LogP) is 0.229. The molecule has 0 radical (unpaired) electrons. The molecule has 11 heavy (non-hydrogen) atoms. The Bertz CT molecular complexity index is 238. The molecule has 0 aliphatic carbocycles. The predicted molar refractivity (Wildman–Crippen MR) is 35.2 cm³/mol. The van der Waals surface area contributed by atoms with E-state index in [4.69, 9.17) is 4.84 Å². The summed E-state index contributed by atoms with van der Waals surface area (Å²) >= 11 is 0. The Labute approximate surface area is 64.1 Å². The number of amides is 2. The topological polar surface area (TPSA) is 46.6 Å². The maximum absolute atomic E-state index is 11.1. The third-order valence-electron chi connectivity index (χ3n) is 2.16.